The third-order valence-corrected chi connectivity index (χ3v) is 3.64. The molecule has 0 radical (unpaired) electrons. The third-order valence-electron chi connectivity index (χ3n) is 3.64. The lowest BCUT2D eigenvalue weighted by molar-refractivity contribution is 0.0973. The van der Waals surface area contributed by atoms with Crippen LogP contribution in [-0.2, 0) is 0 Å². The molecular weight excluding hydrogens is 184 g/mol. The Hall–Kier alpha value is -0.740. The molecule has 0 aliphatic heterocycles. The highest BCUT2D eigenvalue weighted by Crippen LogP contribution is 2.40. The molecular formula is C14H22O. The van der Waals surface area contributed by atoms with E-state index in [1.165, 1.54) is 24.0 Å². The van der Waals surface area contributed by atoms with Gasteiger partial charge in [-0.3, -0.25) is 0 Å². The average Bonchev–Trinajstić information content (AvgIpc) is 2.47. The summed E-state index contributed by atoms with van der Waals surface area (Å²) in [4.78, 5) is 0. The summed E-state index contributed by atoms with van der Waals surface area (Å²) in [6, 6.07) is 0. The number of aliphatic hydroxyl groups is 1. The van der Waals surface area contributed by atoms with Crippen molar-refractivity contribution >= 4 is 0 Å². The average molecular weight is 206 g/mol. The maximum Gasteiger partial charge on any atom is 0.119 e. The van der Waals surface area contributed by atoms with Crippen molar-refractivity contribution in [3.63, 3.8) is 0 Å². The smallest absolute Gasteiger partial charge is 0.119 e. The Bertz CT molecular complexity index is 304. The van der Waals surface area contributed by atoms with E-state index in [0.717, 1.165) is 6.42 Å². The highest BCUT2D eigenvalue weighted by molar-refractivity contribution is 5.22. The fourth-order valence-corrected chi connectivity index (χ4v) is 2.33. The molecule has 0 aromatic carbocycles. The second-order valence-electron chi connectivity index (χ2n) is 5.48. The van der Waals surface area contributed by atoms with E-state index in [-0.39, 0.29) is 5.41 Å². The van der Waals surface area contributed by atoms with Crippen molar-refractivity contribution in [2.75, 3.05) is 0 Å². The fourth-order valence-electron chi connectivity index (χ4n) is 2.33. The first-order valence-electron chi connectivity index (χ1n) is 5.71. The zero-order valence-electron chi connectivity index (χ0n) is 10.3. The molecule has 0 aromatic heterocycles. The predicted molar refractivity (Wildman–Crippen MR) is 64.3 cm³/mol. The van der Waals surface area contributed by atoms with Crippen molar-refractivity contribution in [3.05, 3.63) is 11.1 Å². The Balaban J connectivity index is 2.78. The SMILES string of the molecule is C#CC(O)C(C)(C)CC1=C(C)CC[C@H]1C. The molecule has 0 amide bonds. The van der Waals surface area contributed by atoms with Crippen LogP contribution in [0.2, 0.25) is 0 Å². The molecule has 1 unspecified atom stereocenters. The van der Waals surface area contributed by atoms with Crippen LogP contribution in [-0.4, -0.2) is 11.2 Å². The monoisotopic (exact) mass is 206 g/mol. The molecule has 0 saturated carbocycles. The third kappa shape index (κ3) is 2.63. The Morgan fingerprint density at radius 2 is 2.20 bits per heavy atom. The largest absolute Gasteiger partial charge is 0.380 e. The van der Waals surface area contributed by atoms with Crippen LogP contribution in [0.25, 0.3) is 0 Å². The second-order valence-corrected chi connectivity index (χ2v) is 5.48. The van der Waals surface area contributed by atoms with Gasteiger partial charge in [0, 0.05) is 5.41 Å². The zero-order valence-corrected chi connectivity index (χ0v) is 10.3. The Morgan fingerprint density at radius 1 is 1.60 bits per heavy atom. The molecule has 1 nitrogen and oxygen atoms in total. The van der Waals surface area contributed by atoms with Gasteiger partial charge in [0.1, 0.15) is 6.10 Å². The summed E-state index contributed by atoms with van der Waals surface area (Å²) in [7, 11) is 0. The molecule has 1 heteroatoms. The van der Waals surface area contributed by atoms with Gasteiger partial charge in [-0.15, -0.1) is 6.42 Å². The molecule has 84 valence electrons. The van der Waals surface area contributed by atoms with Gasteiger partial charge in [0.25, 0.3) is 0 Å². The normalized spacial score (nSPS) is 24.1. The summed E-state index contributed by atoms with van der Waals surface area (Å²) in [6.07, 6.45) is 8.02. The van der Waals surface area contributed by atoms with Gasteiger partial charge in [0.15, 0.2) is 0 Å². The number of hydrogen-bond acceptors (Lipinski definition) is 1. The fraction of sp³-hybridized carbons (Fsp3) is 0.714. The molecule has 0 fully saturated rings. The zero-order chi connectivity index (χ0) is 11.6. The molecule has 2 atom stereocenters. The van der Waals surface area contributed by atoms with E-state index in [1.54, 1.807) is 0 Å². The van der Waals surface area contributed by atoms with E-state index in [1.807, 2.05) is 13.8 Å². The summed E-state index contributed by atoms with van der Waals surface area (Å²) in [5, 5.41) is 9.76. The van der Waals surface area contributed by atoms with E-state index in [9.17, 15) is 5.11 Å². The first kappa shape index (κ1) is 12.3. The summed E-state index contributed by atoms with van der Waals surface area (Å²) < 4.78 is 0. The number of rotatable bonds is 3. The Kier molecular flexibility index (Phi) is 3.62. The minimum atomic E-state index is -0.648. The first-order chi connectivity index (χ1) is 6.88. The maximum absolute atomic E-state index is 9.76. The summed E-state index contributed by atoms with van der Waals surface area (Å²) in [5.74, 6) is 3.10. The van der Waals surface area contributed by atoms with Gasteiger partial charge >= 0.3 is 0 Å². The highest BCUT2D eigenvalue weighted by atomic mass is 16.3. The van der Waals surface area contributed by atoms with Gasteiger partial charge in [-0.2, -0.15) is 0 Å². The number of aliphatic hydroxyl groups excluding tert-OH is 1. The Morgan fingerprint density at radius 3 is 2.60 bits per heavy atom. The van der Waals surface area contributed by atoms with Gasteiger partial charge in [-0.25, -0.2) is 0 Å². The number of allylic oxidation sites excluding steroid dienone is 2. The molecule has 15 heavy (non-hydrogen) atoms. The van der Waals surface area contributed by atoms with Gasteiger partial charge in [0.05, 0.1) is 0 Å². The van der Waals surface area contributed by atoms with Crippen LogP contribution in [0.15, 0.2) is 11.1 Å². The van der Waals surface area contributed by atoms with E-state index in [0.29, 0.717) is 5.92 Å². The molecule has 0 bridgehead atoms. The minimum absolute atomic E-state index is 0.204. The van der Waals surface area contributed by atoms with Crippen molar-refractivity contribution in [2.24, 2.45) is 11.3 Å². The van der Waals surface area contributed by atoms with Crippen molar-refractivity contribution in [2.45, 2.75) is 53.1 Å². The summed E-state index contributed by atoms with van der Waals surface area (Å²) >= 11 is 0. The molecule has 0 heterocycles. The van der Waals surface area contributed by atoms with Crippen LogP contribution < -0.4 is 0 Å². The topological polar surface area (TPSA) is 20.2 Å². The van der Waals surface area contributed by atoms with Gasteiger partial charge < -0.3 is 5.11 Å². The second kappa shape index (κ2) is 4.41. The number of hydrogen-bond donors (Lipinski definition) is 1. The van der Waals surface area contributed by atoms with Gasteiger partial charge in [0.2, 0.25) is 0 Å². The standard InChI is InChI=1S/C14H22O/c1-6-13(15)14(4,5)9-12-10(2)7-8-11(12)3/h1,10,13,15H,7-9H2,2-5H3/t10-,13?/m1/s1. The van der Waals surface area contributed by atoms with Crippen LogP contribution in [0.4, 0.5) is 0 Å². The molecule has 1 rings (SSSR count). The first-order valence-corrected chi connectivity index (χ1v) is 5.71. The lowest BCUT2D eigenvalue weighted by Gasteiger charge is -2.29. The predicted octanol–water partition coefficient (Wildman–Crippen LogP) is 3.14. The molecule has 0 saturated heterocycles. The van der Waals surface area contributed by atoms with E-state index < -0.39 is 6.10 Å². The van der Waals surface area contributed by atoms with Crippen LogP contribution in [0.3, 0.4) is 0 Å². The molecule has 0 spiro atoms. The molecule has 1 N–H and O–H groups in total. The van der Waals surface area contributed by atoms with Crippen molar-refractivity contribution in [1.82, 2.24) is 0 Å². The Labute approximate surface area is 93.6 Å². The van der Waals surface area contributed by atoms with Crippen LogP contribution >= 0.6 is 0 Å². The number of terminal acetylenes is 1. The minimum Gasteiger partial charge on any atom is -0.380 e. The van der Waals surface area contributed by atoms with Gasteiger partial charge in [-0.05, 0) is 32.1 Å². The van der Waals surface area contributed by atoms with E-state index >= 15 is 0 Å². The molecule has 1 aliphatic rings. The van der Waals surface area contributed by atoms with Crippen LogP contribution in [0.5, 0.6) is 0 Å². The quantitative estimate of drug-likeness (QED) is 0.555. The van der Waals surface area contributed by atoms with Crippen molar-refractivity contribution in [3.8, 4) is 12.3 Å². The van der Waals surface area contributed by atoms with Gasteiger partial charge in [-0.1, -0.05) is 37.8 Å². The maximum atomic E-state index is 9.76. The lowest BCUT2D eigenvalue weighted by Crippen LogP contribution is -2.29. The summed E-state index contributed by atoms with van der Waals surface area (Å²) in [6.45, 7) is 8.56. The highest BCUT2D eigenvalue weighted by Gasteiger charge is 2.31. The summed E-state index contributed by atoms with van der Waals surface area (Å²) in [5.41, 5.74) is 2.80. The van der Waals surface area contributed by atoms with Crippen LogP contribution in [0, 0.1) is 23.7 Å². The molecule has 1 aliphatic carbocycles. The molecule has 0 aromatic rings. The van der Waals surface area contributed by atoms with E-state index in [2.05, 4.69) is 19.8 Å². The lowest BCUT2D eigenvalue weighted by atomic mass is 9.78. The van der Waals surface area contributed by atoms with Crippen molar-refractivity contribution < 1.29 is 5.11 Å². The van der Waals surface area contributed by atoms with Crippen LogP contribution in [0.1, 0.15) is 47.0 Å². The van der Waals surface area contributed by atoms with Crippen molar-refractivity contribution in [1.29, 1.82) is 0 Å². The van der Waals surface area contributed by atoms with E-state index in [4.69, 9.17) is 6.42 Å².